The average Bonchev–Trinajstić information content (AvgIpc) is 3.87. The molecule has 8 heteroatoms. The van der Waals surface area contributed by atoms with Crippen molar-refractivity contribution in [3.8, 4) is 0 Å². The van der Waals surface area contributed by atoms with Gasteiger partial charge in [-0.1, -0.05) is 0 Å². The van der Waals surface area contributed by atoms with Crippen LogP contribution in [0.4, 0.5) is 0 Å². The number of hydrogen-bond acceptors (Lipinski definition) is 6. The molecule has 43 heavy (non-hydrogen) atoms. The van der Waals surface area contributed by atoms with E-state index in [9.17, 15) is 9.59 Å². The molecule has 0 saturated heterocycles. The van der Waals surface area contributed by atoms with Gasteiger partial charge in [0, 0.05) is 0 Å². The first-order valence-corrected chi connectivity index (χ1v) is 18.0. The van der Waals surface area contributed by atoms with Gasteiger partial charge in [0.2, 0.25) is 0 Å². The zero-order valence-corrected chi connectivity index (χ0v) is 28.1. The van der Waals surface area contributed by atoms with Crippen LogP contribution in [0.5, 0.6) is 0 Å². The molecule has 0 heterocycles. The molecule has 0 N–H and O–H groups in total. The van der Waals surface area contributed by atoms with Crippen LogP contribution in [-0.4, -0.2) is 53.8 Å². The molecule has 4 rings (SSSR count). The molecule has 0 amide bonds. The monoisotopic (exact) mass is 668 g/mol. The maximum atomic E-state index is 15.6. The number of benzene rings is 3. The quantitative estimate of drug-likeness (QED) is 0.0958. The number of rotatable bonds is 14. The van der Waals surface area contributed by atoms with E-state index in [1.165, 1.54) is 14.2 Å². The van der Waals surface area contributed by atoms with Crippen molar-refractivity contribution in [2.75, 3.05) is 21.3 Å². The Morgan fingerprint density at radius 1 is 0.837 bits per heavy atom. The Labute approximate surface area is 261 Å². The summed E-state index contributed by atoms with van der Waals surface area (Å²) in [5.74, 6) is -1.17. The van der Waals surface area contributed by atoms with Gasteiger partial charge in [0.15, 0.2) is 0 Å². The van der Waals surface area contributed by atoms with Crippen LogP contribution < -0.4 is 15.1 Å². The van der Waals surface area contributed by atoms with E-state index in [0.717, 1.165) is 17.3 Å². The summed E-state index contributed by atoms with van der Waals surface area (Å²) in [6, 6.07) is 28.7. The normalized spacial score (nSPS) is 15.0. The summed E-state index contributed by atoms with van der Waals surface area (Å²) < 4.78 is 33.5. The molecule has 6 nitrogen and oxygen atoms in total. The Hall–Kier alpha value is -2.95. The zero-order chi connectivity index (χ0) is 31.1. The molecule has 1 atom stereocenters. The van der Waals surface area contributed by atoms with E-state index in [1.807, 2.05) is 111 Å². The van der Waals surface area contributed by atoms with Crippen molar-refractivity contribution in [1.29, 1.82) is 0 Å². The van der Waals surface area contributed by atoms with Crippen molar-refractivity contribution >= 4 is 49.1 Å². The second-order valence-corrected chi connectivity index (χ2v) is 17.0. The van der Waals surface area contributed by atoms with Crippen LogP contribution in [0.3, 0.4) is 0 Å². The Morgan fingerprint density at radius 2 is 1.30 bits per heavy atom. The first-order valence-electron chi connectivity index (χ1n) is 14.5. The molecule has 1 fully saturated rings. The Morgan fingerprint density at radius 3 is 1.72 bits per heavy atom. The summed E-state index contributed by atoms with van der Waals surface area (Å²) in [5, 5.41) is 1.88. The molecule has 228 valence electrons. The topological polar surface area (TPSA) is 78.9 Å². The molecule has 1 unspecified atom stereocenters. The van der Waals surface area contributed by atoms with Crippen LogP contribution in [-0.2, 0) is 28.4 Å². The van der Waals surface area contributed by atoms with Crippen molar-refractivity contribution in [3.63, 3.8) is 0 Å². The fraction of sp³-hybridized carbons (Fsp3) is 0.371. The van der Waals surface area contributed by atoms with Crippen molar-refractivity contribution in [1.82, 2.24) is 0 Å². The van der Waals surface area contributed by atoms with Crippen LogP contribution in [0.25, 0.3) is 0 Å². The molecular weight excluding hydrogens is 626 g/mol. The number of esters is 2. The molecular formula is C35H41O6PSe. The van der Waals surface area contributed by atoms with Gasteiger partial charge in [0.1, 0.15) is 0 Å². The van der Waals surface area contributed by atoms with Crippen molar-refractivity contribution in [2.45, 2.75) is 49.9 Å². The van der Waals surface area contributed by atoms with Gasteiger partial charge in [-0.15, -0.1) is 0 Å². The second kappa shape index (κ2) is 14.2. The summed E-state index contributed by atoms with van der Waals surface area (Å²) in [5.41, 5.74) is -2.44. The molecule has 1 saturated carbocycles. The molecule has 0 bridgehead atoms. The number of carbonyl (C=O) groups excluding carboxylic acids is 2. The van der Waals surface area contributed by atoms with E-state index in [0.29, 0.717) is 15.9 Å². The van der Waals surface area contributed by atoms with E-state index in [4.69, 9.17) is 14.2 Å². The maximum absolute atomic E-state index is 15.6. The van der Waals surface area contributed by atoms with E-state index >= 15 is 4.57 Å². The number of allylic oxidation sites excluding steroid dienone is 2. The predicted octanol–water partition coefficient (Wildman–Crippen LogP) is 5.65. The van der Waals surface area contributed by atoms with E-state index < -0.39 is 30.1 Å². The Kier molecular flexibility index (Phi) is 10.9. The molecule has 0 radical (unpaired) electrons. The SMILES string of the molecule is COC(=O)C(C/C(=C\C1CC1)P(=O)(c1ccccc1)c1ccccc1)(CC([Se]c1ccccc1)C(C)(C)OC)C(=O)OC. The van der Waals surface area contributed by atoms with Gasteiger partial charge in [0.05, 0.1) is 0 Å². The first kappa shape index (κ1) is 33.0. The van der Waals surface area contributed by atoms with Crippen LogP contribution in [0, 0.1) is 11.3 Å². The van der Waals surface area contributed by atoms with E-state index in [-0.39, 0.29) is 38.5 Å². The van der Waals surface area contributed by atoms with Crippen LogP contribution >= 0.6 is 7.14 Å². The molecule has 0 aromatic heterocycles. The Bertz CT molecular complexity index is 1390. The molecule has 0 spiro atoms. The summed E-state index contributed by atoms with van der Waals surface area (Å²) in [6.45, 7) is 3.95. The predicted molar refractivity (Wildman–Crippen MR) is 173 cm³/mol. The average molecular weight is 668 g/mol. The second-order valence-electron chi connectivity index (χ2n) is 11.4. The van der Waals surface area contributed by atoms with Gasteiger partial charge >= 0.3 is 262 Å². The summed E-state index contributed by atoms with van der Waals surface area (Å²) >= 11 is -0.184. The summed E-state index contributed by atoms with van der Waals surface area (Å²) in [7, 11) is 0.737. The van der Waals surface area contributed by atoms with Crippen LogP contribution in [0.1, 0.15) is 39.5 Å². The molecule has 1 aliphatic rings. The molecule has 1 aliphatic carbocycles. The third-order valence-corrected chi connectivity index (χ3v) is 14.6. The minimum atomic E-state index is -3.48. The van der Waals surface area contributed by atoms with Crippen molar-refractivity contribution in [3.05, 3.63) is 102 Å². The van der Waals surface area contributed by atoms with Gasteiger partial charge in [-0.05, 0) is 0 Å². The number of carbonyl (C=O) groups is 2. The van der Waals surface area contributed by atoms with Gasteiger partial charge in [0.25, 0.3) is 0 Å². The molecule has 0 aliphatic heterocycles. The fourth-order valence-corrected chi connectivity index (χ4v) is 11.3. The summed E-state index contributed by atoms with van der Waals surface area (Å²) in [4.78, 5) is 27.8. The standard InChI is InChI=1S/C35H41O6PSe/c1-34(2,41-5)31(43-30-19-13-8-14-20-30)25-35(32(36)39-3,33(37)40-4)24-29(23-26-21-22-26)42(38,27-15-9-6-10-16-27)28-17-11-7-12-18-28/h6-20,23,26,31H,21-22,24-25H2,1-5H3/b29-23+. The van der Waals surface area contributed by atoms with Gasteiger partial charge in [-0.2, -0.15) is 0 Å². The van der Waals surface area contributed by atoms with Crippen molar-refractivity contribution < 1.29 is 28.4 Å². The third-order valence-electron chi connectivity index (χ3n) is 8.19. The van der Waals surface area contributed by atoms with Crippen LogP contribution in [0.2, 0.25) is 4.82 Å². The van der Waals surface area contributed by atoms with Crippen LogP contribution in [0.15, 0.2) is 102 Å². The van der Waals surface area contributed by atoms with Gasteiger partial charge in [-0.25, -0.2) is 0 Å². The van der Waals surface area contributed by atoms with Gasteiger partial charge in [-0.3, -0.25) is 0 Å². The first-order chi connectivity index (χ1) is 20.6. The fourth-order valence-electron chi connectivity index (χ4n) is 5.27. The third kappa shape index (κ3) is 7.41. The molecule has 3 aromatic rings. The van der Waals surface area contributed by atoms with Gasteiger partial charge < -0.3 is 0 Å². The van der Waals surface area contributed by atoms with Crippen molar-refractivity contribution in [2.24, 2.45) is 11.3 Å². The number of hydrogen-bond donors (Lipinski definition) is 0. The Balaban J connectivity index is 1.92. The van der Waals surface area contributed by atoms with E-state index in [2.05, 4.69) is 0 Å². The zero-order valence-electron chi connectivity index (χ0n) is 25.5. The number of ether oxygens (including phenoxy) is 3. The van der Waals surface area contributed by atoms with E-state index in [1.54, 1.807) is 7.11 Å². The summed E-state index contributed by atoms with van der Waals surface area (Å²) in [6.07, 6.45) is 3.99. The minimum absolute atomic E-state index is 0.0922. The number of methoxy groups -OCH3 is 3. The molecule has 3 aromatic carbocycles.